The zero-order valence-electron chi connectivity index (χ0n) is 15.9. The number of carbonyl (C=O) groups is 1. The molecular formula is C19H22N6O2S. The Morgan fingerprint density at radius 1 is 1.18 bits per heavy atom. The predicted octanol–water partition coefficient (Wildman–Crippen LogP) is 1.24. The Balaban J connectivity index is 1.39. The molecule has 2 aromatic heterocycles. The molecule has 0 N–H and O–H groups in total. The van der Waals surface area contributed by atoms with Crippen molar-refractivity contribution in [3.63, 3.8) is 0 Å². The second kappa shape index (κ2) is 7.59. The minimum atomic E-state index is -0.207. The summed E-state index contributed by atoms with van der Waals surface area (Å²) in [6.07, 6.45) is 0. The molecule has 1 aliphatic rings. The number of fused-ring (bicyclic) bond motifs is 1. The van der Waals surface area contributed by atoms with Crippen LogP contribution in [0.3, 0.4) is 0 Å². The van der Waals surface area contributed by atoms with Gasteiger partial charge in [0.05, 0.1) is 6.54 Å². The van der Waals surface area contributed by atoms with Crippen molar-refractivity contribution in [2.75, 3.05) is 49.6 Å². The molecule has 146 valence electrons. The zero-order valence-corrected chi connectivity index (χ0v) is 16.7. The van der Waals surface area contributed by atoms with Gasteiger partial charge in [-0.2, -0.15) is 4.52 Å². The third-order valence-electron chi connectivity index (χ3n) is 4.82. The van der Waals surface area contributed by atoms with E-state index in [1.54, 1.807) is 11.8 Å². The van der Waals surface area contributed by atoms with Crippen LogP contribution in [0.2, 0.25) is 0 Å². The summed E-state index contributed by atoms with van der Waals surface area (Å²) in [6.45, 7) is 5.03. The average molecular weight is 398 g/mol. The molecule has 28 heavy (non-hydrogen) atoms. The van der Waals surface area contributed by atoms with E-state index in [4.69, 9.17) is 0 Å². The van der Waals surface area contributed by atoms with Gasteiger partial charge in [-0.1, -0.05) is 29.5 Å². The average Bonchev–Trinajstić information content (AvgIpc) is 3.13. The number of likely N-dealkylation sites (N-methyl/N-ethyl adjacent to an activating group) is 1. The Morgan fingerprint density at radius 3 is 2.61 bits per heavy atom. The van der Waals surface area contributed by atoms with Gasteiger partial charge in [0, 0.05) is 50.7 Å². The molecule has 0 radical (unpaired) electrons. The Kier molecular flexibility index (Phi) is 4.99. The summed E-state index contributed by atoms with van der Waals surface area (Å²) in [5.74, 6) is 0.0611. The summed E-state index contributed by atoms with van der Waals surface area (Å²) in [4.78, 5) is 35.6. The first-order valence-electron chi connectivity index (χ1n) is 9.18. The van der Waals surface area contributed by atoms with E-state index in [2.05, 4.69) is 27.1 Å². The summed E-state index contributed by atoms with van der Waals surface area (Å²) in [6, 6.07) is 11.7. The highest BCUT2D eigenvalue weighted by atomic mass is 32.1. The molecule has 9 heteroatoms. The molecule has 0 aliphatic carbocycles. The molecule has 1 amide bonds. The molecule has 0 saturated carbocycles. The summed E-state index contributed by atoms with van der Waals surface area (Å²) in [5, 5.41) is 4.91. The van der Waals surface area contributed by atoms with Crippen LogP contribution in [-0.4, -0.2) is 65.2 Å². The van der Waals surface area contributed by atoms with Crippen molar-refractivity contribution in [1.82, 2.24) is 19.5 Å². The largest absolute Gasteiger partial charge is 0.368 e. The van der Waals surface area contributed by atoms with Gasteiger partial charge < -0.3 is 14.7 Å². The lowest BCUT2D eigenvalue weighted by atomic mass is 10.2. The lowest BCUT2D eigenvalue weighted by Gasteiger charge is -2.36. The van der Waals surface area contributed by atoms with E-state index in [9.17, 15) is 9.59 Å². The first-order valence-corrected chi connectivity index (χ1v) is 9.99. The van der Waals surface area contributed by atoms with E-state index in [0.29, 0.717) is 28.9 Å². The molecule has 3 aromatic rings. The zero-order chi connectivity index (χ0) is 19.7. The maximum absolute atomic E-state index is 12.7. The van der Waals surface area contributed by atoms with Gasteiger partial charge in [-0.3, -0.25) is 9.59 Å². The van der Waals surface area contributed by atoms with Gasteiger partial charge >= 0.3 is 0 Å². The highest BCUT2D eigenvalue weighted by molar-refractivity contribution is 7.20. The topological polar surface area (TPSA) is 74.1 Å². The minimum Gasteiger partial charge on any atom is -0.368 e. The highest BCUT2D eigenvalue weighted by Crippen LogP contribution is 2.20. The summed E-state index contributed by atoms with van der Waals surface area (Å²) < 4.78 is 1.28. The number of carbonyl (C=O) groups excluding carboxylic acids is 1. The van der Waals surface area contributed by atoms with Gasteiger partial charge in [0.2, 0.25) is 16.0 Å². The number of amides is 1. The number of benzene rings is 1. The van der Waals surface area contributed by atoms with E-state index in [1.165, 1.54) is 27.6 Å². The molecule has 1 aromatic carbocycles. The highest BCUT2D eigenvalue weighted by Gasteiger charge is 2.23. The fourth-order valence-electron chi connectivity index (χ4n) is 3.29. The quantitative estimate of drug-likeness (QED) is 0.658. The first-order chi connectivity index (χ1) is 13.5. The maximum atomic E-state index is 12.7. The van der Waals surface area contributed by atoms with Crippen molar-refractivity contribution >= 4 is 33.0 Å². The molecule has 1 saturated heterocycles. The predicted molar refractivity (Wildman–Crippen MR) is 110 cm³/mol. The van der Waals surface area contributed by atoms with Crippen LogP contribution in [0.5, 0.6) is 0 Å². The number of hydrogen-bond acceptors (Lipinski definition) is 7. The van der Waals surface area contributed by atoms with Gasteiger partial charge in [0.25, 0.3) is 5.56 Å². The number of piperazine rings is 1. The minimum absolute atomic E-state index is 0.0611. The molecule has 0 spiro atoms. The second-order valence-corrected chi connectivity index (χ2v) is 7.81. The van der Waals surface area contributed by atoms with Crippen LogP contribution in [0.4, 0.5) is 10.8 Å². The number of anilines is 2. The molecule has 1 aliphatic heterocycles. The molecule has 4 rings (SSSR count). The van der Waals surface area contributed by atoms with Crippen molar-refractivity contribution in [1.29, 1.82) is 0 Å². The van der Waals surface area contributed by atoms with Gasteiger partial charge in [0.1, 0.15) is 0 Å². The molecule has 0 atom stereocenters. The Hall–Kier alpha value is -2.94. The third-order valence-corrected chi connectivity index (χ3v) is 5.84. The molecule has 8 nitrogen and oxygen atoms in total. The summed E-state index contributed by atoms with van der Waals surface area (Å²) in [5.41, 5.74) is 1.64. The van der Waals surface area contributed by atoms with Crippen LogP contribution >= 0.6 is 11.3 Å². The van der Waals surface area contributed by atoms with Crippen molar-refractivity contribution in [2.24, 2.45) is 0 Å². The van der Waals surface area contributed by atoms with E-state index in [1.807, 2.05) is 30.1 Å². The van der Waals surface area contributed by atoms with Crippen LogP contribution in [0.25, 0.3) is 4.96 Å². The monoisotopic (exact) mass is 398 g/mol. The van der Waals surface area contributed by atoms with E-state index < -0.39 is 0 Å². The summed E-state index contributed by atoms with van der Waals surface area (Å²) in [7, 11) is 1.81. The van der Waals surface area contributed by atoms with E-state index >= 15 is 0 Å². The van der Waals surface area contributed by atoms with Gasteiger partial charge in [-0.15, -0.1) is 5.10 Å². The molecular weight excluding hydrogens is 376 g/mol. The van der Waals surface area contributed by atoms with Crippen molar-refractivity contribution < 1.29 is 4.79 Å². The fraction of sp³-hybridized carbons (Fsp3) is 0.368. The lowest BCUT2D eigenvalue weighted by molar-refractivity contribution is -0.129. The van der Waals surface area contributed by atoms with E-state index in [-0.39, 0.29) is 18.0 Å². The van der Waals surface area contributed by atoms with Crippen LogP contribution in [0.1, 0.15) is 5.69 Å². The number of rotatable bonds is 4. The smallest absolute Gasteiger partial charge is 0.275 e. The van der Waals surface area contributed by atoms with Crippen LogP contribution in [0, 0.1) is 6.92 Å². The van der Waals surface area contributed by atoms with Crippen LogP contribution in [0.15, 0.2) is 41.2 Å². The normalized spacial score (nSPS) is 14.5. The number of hydrogen-bond donors (Lipinski definition) is 0. The van der Waals surface area contributed by atoms with Crippen molar-refractivity contribution in [3.05, 3.63) is 52.4 Å². The lowest BCUT2D eigenvalue weighted by Crippen LogP contribution is -2.51. The van der Waals surface area contributed by atoms with E-state index in [0.717, 1.165) is 13.1 Å². The standard InChI is InChI=1S/C19H22N6O2S/c1-14-12-16(26)25-18(20-14)28-19(21-25)22(2)13-17(27)24-10-8-23(9-11-24)15-6-4-3-5-7-15/h3-7,12H,8-11,13H2,1-2H3. The fourth-order valence-corrected chi connectivity index (χ4v) is 4.20. The molecule has 0 bridgehead atoms. The third kappa shape index (κ3) is 3.70. The maximum Gasteiger partial charge on any atom is 0.275 e. The summed E-state index contributed by atoms with van der Waals surface area (Å²) >= 11 is 1.31. The number of aryl methyl sites for hydroxylation is 1. The Labute approximate surface area is 166 Å². The Morgan fingerprint density at radius 2 is 1.89 bits per heavy atom. The number of para-hydroxylation sites is 1. The number of aromatic nitrogens is 3. The van der Waals surface area contributed by atoms with Gasteiger partial charge in [-0.05, 0) is 19.1 Å². The second-order valence-electron chi connectivity index (χ2n) is 6.87. The SMILES string of the molecule is Cc1cc(=O)n2nc(N(C)CC(=O)N3CCN(c4ccccc4)CC3)sc2n1. The van der Waals surface area contributed by atoms with Crippen molar-refractivity contribution in [3.8, 4) is 0 Å². The molecule has 1 fully saturated rings. The van der Waals surface area contributed by atoms with Crippen LogP contribution in [-0.2, 0) is 4.79 Å². The molecule has 0 unspecified atom stereocenters. The van der Waals surface area contributed by atoms with Gasteiger partial charge in [-0.25, -0.2) is 4.98 Å². The molecule has 3 heterocycles. The first kappa shape index (κ1) is 18.4. The van der Waals surface area contributed by atoms with Crippen molar-refractivity contribution in [2.45, 2.75) is 6.92 Å². The Bertz CT molecular complexity index is 1040. The van der Waals surface area contributed by atoms with Crippen LogP contribution < -0.4 is 15.4 Å². The van der Waals surface area contributed by atoms with Gasteiger partial charge in [0.15, 0.2) is 0 Å². The number of nitrogens with zero attached hydrogens (tertiary/aromatic N) is 6.